The second kappa shape index (κ2) is 9.09. The van der Waals surface area contributed by atoms with Crippen LogP contribution in [0.2, 0.25) is 10.0 Å². The van der Waals surface area contributed by atoms with Gasteiger partial charge in [0.25, 0.3) is 0 Å². The van der Waals surface area contributed by atoms with Crippen molar-refractivity contribution >= 4 is 51.8 Å². The molecule has 1 aliphatic carbocycles. The Morgan fingerprint density at radius 2 is 2.00 bits per heavy atom. The van der Waals surface area contributed by atoms with Crippen molar-refractivity contribution in [2.45, 2.75) is 43.9 Å². The number of anilines is 2. The van der Waals surface area contributed by atoms with E-state index >= 15 is 0 Å². The molecular weight excluding hydrogens is 489 g/mol. The summed E-state index contributed by atoms with van der Waals surface area (Å²) in [6.45, 7) is 1.98. The fourth-order valence-corrected chi connectivity index (χ4v) is 5.33. The van der Waals surface area contributed by atoms with Crippen molar-refractivity contribution < 1.29 is 4.79 Å². The lowest BCUT2D eigenvalue weighted by Gasteiger charge is -2.29. The number of halogens is 2. The van der Waals surface area contributed by atoms with Gasteiger partial charge in [-0.3, -0.25) is 4.79 Å². The van der Waals surface area contributed by atoms with Crippen LogP contribution in [0, 0.1) is 0 Å². The number of nitrogen functional groups attached to an aromatic ring is 1. The fraction of sp³-hybridized carbons (Fsp3) is 0.478. The summed E-state index contributed by atoms with van der Waals surface area (Å²) < 4.78 is 1.91. The number of imidazole rings is 1. The smallest absolute Gasteiger partial charge is 0.242 e. The minimum absolute atomic E-state index is 0.101. The Balaban J connectivity index is 1.56. The van der Waals surface area contributed by atoms with Gasteiger partial charge in [0, 0.05) is 36.3 Å². The van der Waals surface area contributed by atoms with Gasteiger partial charge >= 0.3 is 0 Å². The SMILES string of the molecule is CN(C)Cc1c(Cl)cc(Cl)c(N2CCC(N)(C(=O)NC3CC3)C2)c1Cn1cnc2c(N)ncnc21. The van der Waals surface area contributed by atoms with E-state index in [0.29, 0.717) is 59.6 Å². The Bertz CT molecular complexity index is 1290. The molecule has 1 aromatic carbocycles. The number of amides is 1. The lowest BCUT2D eigenvalue weighted by Crippen LogP contribution is -2.56. The number of nitrogens with zero attached hydrogens (tertiary/aromatic N) is 6. The van der Waals surface area contributed by atoms with E-state index < -0.39 is 5.54 Å². The first kappa shape index (κ1) is 24.1. The first-order chi connectivity index (χ1) is 16.7. The molecule has 1 unspecified atom stereocenters. The molecule has 0 bridgehead atoms. The van der Waals surface area contributed by atoms with Crippen molar-refractivity contribution in [3.8, 4) is 0 Å². The number of nitrogens with two attached hydrogens (primary N) is 2. The van der Waals surface area contributed by atoms with Crippen molar-refractivity contribution in [3.05, 3.63) is 39.9 Å². The molecule has 12 heteroatoms. The van der Waals surface area contributed by atoms with Crippen molar-refractivity contribution in [2.24, 2.45) is 5.73 Å². The zero-order valence-electron chi connectivity index (χ0n) is 19.8. The number of nitrogens with one attached hydrogen (secondary N) is 1. The van der Waals surface area contributed by atoms with Crippen LogP contribution in [0.3, 0.4) is 0 Å². The van der Waals surface area contributed by atoms with Crippen molar-refractivity contribution in [3.63, 3.8) is 0 Å². The Morgan fingerprint density at radius 3 is 2.71 bits per heavy atom. The van der Waals surface area contributed by atoms with E-state index in [1.165, 1.54) is 6.33 Å². The van der Waals surface area contributed by atoms with Crippen LogP contribution in [0.15, 0.2) is 18.7 Å². The van der Waals surface area contributed by atoms with Crippen LogP contribution in [-0.4, -0.2) is 69.1 Å². The lowest BCUT2D eigenvalue weighted by molar-refractivity contribution is -0.125. The molecule has 1 aliphatic heterocycles. The van der Waals surface area contributed by atoms with Crippen LogP contribution < -0.4 is 21.7 Å². The maximum atomic E-state index is 12.9. The summed E-state index contributed by atoms with van der Waals surface area (Å²) in [5, 5.41) is 4.14. The molecule has 2 aromatic heterocycles. The van der Waals surface area contributed by atoms with Crippen molar-refractivity contribution in [1.82, 2.24) is 29.7 Å². The third-order valence-electron chi connectivity index (χ3n) is 6.63. The Labute approximate surface area is 213 Å². The van der Waals surface area contributed by atoms with Gasteiger partial charge < -0.3 is 31.2 Å². The quantitative estimate of drug-likeness (QED) is 0.433. The zero-order chi connectivity index (χ0) is 24.9. The van der Waals surface area contributed by atoms with E-state index in [1.807, 2.05) is 18.7 Å². The fourth-order valence-electron chi connectivity index (χ4n) is 4.65. The topological polar surface area (TPSA) is 131 Å². The molecule has 5 N–H and O–H groups in total. The minimum Gasteiger partial charge on any atom is -0.382 e. The van der Waals surface area contributed by atoms with Crippen LogP contribution in [0.1, 0.15) is 30.4 Å². The summed E-state index contributed by atoms with van der Waals surface area (Å²) in [5.74, 6) is 0.219. The van der Waals surface area contributed by atoms with Gasteiger partial charge in [0.05, 0.1) is 23.6 Å². The number of benzene rings is 1. The number of carbonyl (C=O) groups excluding carboxylic acids is 1. The van der Waals surface area contributed by atoms with Crippen LogP contribution >= 0.6 is 23.2 Å². The second-order valence-corrected chi connectivity index (χ2v) is 10.6. The van der Waals surface area contributed by atoms with Gasteiger partial charge in [0.1, 0.15) is 17.4 Å². The molecule has 3 aromatic rings. The van der Waals surface area contributed by atoms with Crippen LogP contribution in [0.4, 0.5) is 11.5 Å². The highest BCUT2D eigenvalue weighted by atomic mass is 35.5. The summed E-state index contributed by atoms with van der Waals surface area (Å²) in [7, 11) is 3.97. The molecule has 3 heterocycles. The molecule has 1 amide bonds. The highest BCUT2D eigenvalue weighted by Crippen LogP contribution is 2.41. The van der Waals surface area contributed by atoms with Gasteiger partial charge in [-0.15, -0.1) is 0 Å². The van der Waals surface area contributed by atoms with E-state index in [1.54, 1.807) is 12.4 Å². The van der Waals surface area contributed by atoms with Gasteiger partial charge in [0.2, 0.25) is 5.91 Å². The van der Waals surface area contributed by atoms with E-state index in [4.69, 9.17) is 34.7 Å². The molecule has 1 saturated carbocycles. The molecule has 1 saturated heterocycles. The molecule has 186 valence electrons. The number of carbonyl (C=O) groups is 1. The molecule has 5 rings (SSSR count). The average molecular weight is 518 g/mol. The first-order valence-electron chi connectivity index (χ1n) is 11.6. The summed E-state index contributed by atoms with van der Waals surface area (Å²) in [4.78, 5) is 29.9. The molecule has 0 radical (unpaired) electrons. The molecule has 10 nitrogen and oxygen atoms in total. The minimum atomic E-state index is -0.978. The molecule has 35 heavy (non-hydrogen) atoms. The Morgan fingerprint density at radius 1 is 1.23 bits per heavy atom. The predicted molar refractivity (Wildman–Crippen MR) is 138 cm³/mol. The maximum absolute atomic E-state index is 12.9. The number of aromatic nitrogens is 4. The van der Waals surface area contributed by atoms with Crippen LogP contribution in [0.25, 0.3) is 11.2 Å². The standard InChI is InChI=1S/C23H29Cl2N9O/c1-32(2)8-14-15(9-34-12-30-18-20(26)28-11-29-21(18)34)19(17(25)7-16(14)24)33-6-5-23(27,10-33)22(35)31-13-3-4-13/h7,11-13H,3-6,8-10,27H2,1-2H3,(H,31,35)(H2,26,28,29). The van der Waals surface area contributed by atoms with E-state index in [9.17, 15) is 4.79 Å². The van der Waals surface area contributed by atoms with Crippen LogP contribution in [-0.2, 0) is 17.9 Å². The van der Waals surface area contributed by atoms with Gasteiger partial charge in [-0.05, 0) is 45.0 Å². The number of hydrogen-bond donors (Lipinski definition) is 3. The number of fused-ring (bicyclic) bond motifs is 1. The number of rotatable bonds is 7. The largest absolute Gasteiger partial charge is 0.382 e. The average Bonchev–Trinajstić information content (AvgIpc) is 3.37. The highest BCUT2D eigenvalue weighted by molar-refractivity contribution is 6.37. The summed E-state index contributed by atoms with van der Waals surface area (Å²) >= 11 is 13.5. The van der Waals surface area contributed by atoms with Gasteiger partial charge in [-0.1, -0.05) is 23.2 Å². The van der Waals surface area contributed by atoms with Crippen LogP contribution in [0.5, 0.6) is 0 Å². The molecule has 0 spiro atoms. The monoisotopic (exact) mass is 517 g/mol. The predicted octanol–water partition coefficient (Wildman–Crippen LogP) is 2.01. The van der Waals surface area contributed by atoms with Gasteiger partial charge in [-0.25, -0.2) is 15.0 Å². The van der Waals surface area contributed by atoms with Crippen molar-refractivity contribution in [2.75, 3.05) is 37.8 Å². The molecule has 1 atom stereocenters. The summed E-state index contributed by atoms with van der Waals surface area (Å²) in [6, 6.07) is 2.02. The third-order valence-corrected chi connectivity index (χ3v) is 7.26. The normalized spacial score (nSPS) is 20.2. The second-order valence-electron chi connectivity index (χ2n) is 9.76. The lowest BCUT2D eigenvalue weighted by atomic mass is 9.99. The maximum Gasteiger partial charge on any atom is 0.242 e. The summed E-state index contributed by atoms with van der Waals surface area (Å²) in [6.07, 6.45) is 5.67. The summed E-state index contributed by atoms with van der Waals surface area (Å²) in [5.41, 5.74) is 15.5. The van der Waals surface area contributed by atoms with Gasteiger partial charge in [0.15, 0.2) is 11.5 Å². The van der Waals surface area contributed by atoms with Gasteiger partial charge in [-0.2, -0.15) is 0 Å². The number of hydrogen-bond acceptors (Lipinski definition) is 8. The zero-order valence-corrected chi connectivity index (χ0v) is 21.3. The van der Waals surface area contributed by atoms with E-state index in [-0.39, 0.29) is 11.9 Å². The van der Waals surface area contributed by atoms with Crippen molar-refractivity contribution in [1.29, 1.82) is 0 Å². The van der Waals surface area contributed by atoms with E-state index in [0.717, 1.165) is 29.7 Å². The van der Waals surface area contributed by atoms with E-state index in [2.05, 4.69) is 30.1 Å². The highest BCUT2D eigenvalue weighted by Gasteiger charge is 2.44. The molecule has 2 fully saturated rings. The molecular formula is C23H29Cl2N9O. The Kier molecular flexibility index (Phi) is 6.25. The third kappa shape index (κ3) is 4.63. The Hall–Kier alpha value is -2.66. The molecule has 2 aliphatic rings. The first-order valence-corrected chi connectivity index (χ1v) is 12.3.